The van der Waals surface area contributed by atoms with E-state index in [1.165, 1.54) is 4.08 Å². The predicted octanol–water partition coefficient (Wildman–Crippen LogP) is 2.19. The molecule has 0 bridgehead atoms. The summed E-state index contributed by atoms with van der Waals surface area (Å²) in [5, 5.41) is 18.9. The third-order valence-corrected chi connectivity index (χ3v) is 2.92. The summed E-state index contributed by atoms with van der Waals surface area (Å²) in [5.41, 5.74) is -1.14. The second-order valence-corrected chi connectivity index (χ2v) is 3.88. The summed E-state index contributed by atoms with van der Waals surface area (Å²) in [7, 11) is 0. The number of rotatable bonds is 4. The molecule has 2 N–H and O–H groups in total. The van der Waals surface area contributed by atoms with Crippen molar-refractivity contribution in [2.45, 2.75) is 32.8 Å². The van der Waals surface area contributed by atoms with E-state index in [4.69, 9.17) is 5.11 Å². The highest BCUT2D eigenvalue weighted by atomic mass is 127. The number of carboxylic acids is 1. The second-order valence-electron chi connectivity index (χ2n) is 3.26. The van der Waals surface area contributed by atoms with E-state index in [0.29, 0.717) is 6.42 Å². The van der Waals surface area contributed by atoms with Gasteiger partial charge in [-0.2, -0.15) is 0 Å². The van der Waals surface area contributed by atoms with Crippen molar-refractivity contribution >= 4 is 28.6 Å². The van der Waals surface area contributed by atoms with Crippen molar-refractivity contribution in [1.82, 2.24) is 0 Å². The van der Waals surface area contributed by atoms with Crippen LogP contribution in [0.15, 0.2) is 9.66 Å². The number of hydrogen-bond donors (Lipinski definition) is 2. The van der Waals surface area contributed by atoms with Gasteiger partial charge >= 0.3 is 5.97 Å². The van der Waals surface area contributed by atoms with E-state index < -0.39 is 11.6 Å². The third-order valence-electron chi connectivity index (χ3n) is 2.30. The Labute approximate surface area is 92.0 Å². The van der Waals surface area contributed by atoms with Crippen molar-refractivity contribution in [2.24, 2.45) is 5.92 Å². The van der Waals surface area contributed by atoms with Crippen LogP contribution in [-0.4, -0.2) is 21.8 Å². The Bertz CT molecular complexity index is 223. The van der Waals surface area contributed by atoms with Crippen LogP contribution in [0.5, 0.6) is 0 Å². The molecular formula is C9H15IO3. The smallest absolute Gasteiger partial charge is 0.334 e. The van der Waals surface area contributed by atoms with Gasteiger partial charge in [0.1, 0.15) is 0 Å². The first kappa shape index (κ1) is 12.9. The Kier molecular flexibility index (Phi) is 4.91. The average molecular weight is 298 g/mol. The second kappa shape index (κ2) is 4.95. The third kappa shape index (κ3) is 2.67. The van der Waals surface area contributed by atoms with Gasteiger partial charge in [-0.05, 0) is 16.4 Å². The van der Waals surface area contributed by atoms with Crippen LogP contribution in [0, 0.1) is 5.92 Å². The molecule has 0 fully saturated rings. The van der Waals surface area contributed by atoms with E-state index in [9.17, 15) is 9.90 Å². The zero-order chi connectivity index (χ0) is 10.6. The molecule has 0 saturated carbocycles. The molecule has 0 amide bonds. The Balaban J connectivity index is 5.05. The van der Waals surface area contributed by atoms with Crippen LogP contribution in [0.1, 0.15) is 27.2 Å². The molecule has 0 rings (SSSR count). The fraction of sp³-hybridized carbons (Fsp3) is 0.667. The summed E-state index contributed by atoms with van der Waals surface area (Å²) in [6.07, 6.45) is 0.409. The first-order chi connectivity index (χ1) is 5.90. The van der Waals surface area contributed by atoms with Crippen molar-refractivity contribution in [1.29, 1.82) is 0 Å². The lowest BCUT2D eigenvalue weighted by Crippen LogP contribution is -2.39. The number of aliphatic carboxylic acids is 1. The monoisotopic (exact) mass is 298 g/mol. The molecule has 0 radical (unpaired) electrons. The van der Waals surface area contributed by atoms with Crippen molar-refractivity contribution in [3.05, 3.63) is 9.66 Å². The molecule has 0 aliphatic rings. The maximum absolute atomic E-state index is 10.8. The highest BCUT2D eigenvalue weighted by Gasteiger charge is 2.36. The minimum Gasteiger partial charge on any atom is -0.478 e. The van der Waals surface area contributed by atoms with Gasteiger partial charge in [0.05, 0.1) is 11.2 Å². The van der Waals surface area contributed by atoms with E-state index >= 15 is 0 Å². The van der Waals surface area contributed by atoms with E-state index in [2.05, 4.69) is 0 Å². The lowest BCUT2D eigenvalue weighted by molar-refractivity contribution is -0.136. The molecule has 0 saturated heterocycles. The Morgan fingerprint density at radius 2 is 2.08 bits per heavy atom. The van der Waals surface area contributed by atoms with Crippen molar-refractivity contribution in [3.63, 3.8) is 0 Å². The summed E-state index contributed by atoms with van der Waals surface area (Å²) in [5.74, 6) is -1.15. The van der Waals surface area contributed by atoms with E-state index in [-0.39, 0.29) is 11.5 Å². The zero-order valence-electron chi connectivity index (χ0n) is 8.04. The van der Waals surface area contributed by atoms with Gasteiger partial charge in [-0.3, -0.25) is 0 Å². The zero-order valence-corrected chi connectivity index (χ0v) is 10.2. The van der Waals surface area contributed by atoms with Crippen molar-refractivity contribution < 1.29 is 15.0 Å². The fourth-order valence-corrected chi connectivity index (χ4v) is 2.04. The molecule has 13 heavy (non-hydrogen) atoms. The molecule has 0 aromatic heterocycles. The molecule has 0 heterocycles. The Hall–Kier alpha value is -0.100. The standard InChI is InChI=1S/C9H15IO3/c1-4-9(13,6(2)3)7(5-10)8(11)12/h5-6,13H,4H2,1-3H3,(H,11,12)/b7-5-. The minimum absolute atomic E-state index is 0.0746. The predicted molar refractivity (Wildman–Crippen MR) is 59.8 cm³/mol. The van der Waals surface area contributed by atoms with Gasteiger partial charge in [-0.15, -0.1) is 0 Å². The first-order valence-corrected chi connectivity index (χ1v) is 5.41. The van der Waals surface area contributed by atoms with Crippen LogP contribution in [0.25, 0.3) is 0 Å². The van der Waals surface area contributed by atoms with E-state index in [1.54, 1.807) is 6.92 Å². The SMILES string of the molecule is CCC(O)(/C(=C\I)C(=O)O)C(C)C. The summed E-state index contributed by atoms with van der Waals surface area (Å²) in [6, 6.07) is 0. The van der Waals surface area contributed by atoms with Gasteiger partial charge in [-0.25, -0.2) is 4.79 Å². The normalized spacial score (nSPS) is 17.2. The summed E-state index contributed by atoms with van der Waals surface area (Å²) < 4.78 is 1.43. The van der Waals surface area contributed by atoms with Crippen LogP contribution in [0.2, 0.25) is 0 Å². The molecule has 0 aromatic rings. The van der Waals surface area contributed by atoms with E-state index in [0.717, 1.165) is 0 Å². The minimum atomic E-state index is -1.22. The van der Waals surface area contributed by atoms with Crippen molar-refractivity contribution in [2.75, 3.05) is 0 Å². The lowest BCUT2D eigenvalue weighted by Gasteiger charge is -2.31. The Morgan fingerprint density at radius 3 is 2.15 bits per heavy atom. The molecule has 1 atom stereocenters. The number of aliphatic hydroxyl groups is 1. The molecule has 1 unspecified atom stereocenters. The molecule has 0 spiro atoms. The maximum Gasteiger partial charge on any atom is 0.334 e. The highest BCUT2D eigenvalue weighted by Crippen LogP contribution is 2.30. The molecular weight excluding hydrogens is 283 g/mol. The summed E-state index contributed by atoms with van der Waals surface area (Å²) >= 11 is 1.84. The van der Waals surface area contributed by atoms with Gasteiger partial charge in [0.15, 0.2) is 0 Å². The van der Waals surface area contributed by atoms with Crippen LogP contribution < -0.4 is 0 Å². The largest absolute Gasteiger partial charge is 0.478 e. The van der Waals surface area contributed by atoms with Gasteiger partial charge < -0.3 is 10.2 Å². The number of carboxylic acid groups (broad SMARTS) is 1. The highest BCUT2D eigenvalue weighted by molar-refractivity contribution is 14.1. The van der Waals surface area contributed by atoms with Gasteiger partial charge in [0, 0.05) is 0 Å². The first-order valence-electron chi connectivity index (χ1n) is 4.16. The summed E-state index contributed by atoms with van der Waals surface area (Å²) in [6.45, 7) is 5.40. The van der Waals surface area contributed by atoms with Crippen LogP contribution in [0.4, 0.5) is 0 Å². The van der Waals surface area contributed by atoms with Gasteiger partial charge in [0.25, 0.3) is 0 Å². The molecule has 0 aromatic carbocycles. The quantitative estimate of drug-likeness (QED) is 0.618. The van der Waals surface area contributed by atoms with Crippen LogP contribution in [-0.2, 0) is 4.79 Å². The van der Waals surface area contributed by atoms with Crippen LogP contribution in [0.3, 0.4) is 0 Å². The maximum atomic E-state index is 10.8. The van der Waals surface area contributed by atoms with Crippen molar-refractivity contribution in [3.8, 4) is 0 Å². The molecule has 76 valence electrons. The summed E-state index contributed by atoms with van der Waals surface area (Å²) in [4.78, 5) is 10.8. The fourth-order valence-electron chi connectivity index (χ4n) is 1.24. The molecule has 4 heteroatoms. The topological polar surface area (TPSA) is 57.5 Å². The van der Waals surface area contributed by atoms with Gasteiger partial charge in [0.2, 0.25) is 0 Å². The molecule has 0 aliphatic heterocycles. The van der Waals surface area contributed by atoms with E-state index in [1.807, 2.05) is 36.4 Å². The number of halogens is 1. The lowest BCUT2D eigenvalue weighted by atomic mass is 9.81. The average Bonchev–Trinajstić information content (AvgIpc) is 2.04. The molecule has 0 aliphatic carbocycles. The number of hydrogen-bond acceptors (Lipinski definition) is 2. The number of carbonyl (C=O) groups is 1. The Morgan fingerprint density at radius 1 is 1.62 bits per heavy atom. The van der Waals surface area contributed by atoms with Gasteiger partial charge in [-0.1, -0.05) is 43.4 Å². The van der Waals surface area contributed by atoms with Crippen LogP contribution >= 0.6 is 22.6 Å². The molecule has 3 nitrogen and oxygen atoms in total.